The highest BCUT2D eigenvalue weighted by molar-refractivity contribution is 9.10. The van der Waals surface area contributed by atoms with Gasteiger partial charge in [0.1, 0.15) is 12.4 Å². The summed E-state index contributed by atoms with van der Waals surface area (Å²) in [6.45, 7) is 2.05. The molecule has 2 aromatic heterocycles. The fourth-order valence-corrected chi connectivity index (χ4v) is 3.23. The van der Waals surface area contributed by atoms with Gasteiger partial charge in [-0.2, -0.15) is 10.2 Å². The van der Waals surface area contributed by atoms with E-state index < -0.39 is 5.82 Å². The van der Waals surface area contributed by atoms with Crippen molar-refractivity contribution >= 4 is 55.2 Å². The Kier molecular flexibility index (Phi) is 5.79. The molecule has 136 valence electrons. The predicted molar refractivity (Wildman–Crippen MR) is 104 cm³/mol. The second-order valence-electron chi connectivity index (χ2n) is 5.51. The summed E-state index contributed by atoms with van der Waals surface area (Å²) in [4.78, 5) is 12.2. The molecule has 0 radical (unpaired) electrons. The topological polar surface area (TPSA) is 64.7 Å². The van der Waals surface area contributed by atoms with Gasteiger partial charge in [-0.15, -0.1) is 0 Å². The van der Waals surface area contributed by atoms with Gasteiger partial charge in [0.2, 0.25) is 5.91 Å². The molecule has 0 saturated heterocycles. The van der Waals surface area contributed by atoms with E-state index in [1.165, 1.54) is 10.7 Å². The van der Waals surface area contributed by atoms with Crippen molar-refractivity contribution in [2.24, 2.45) is 0 Å². The van der Waals surface area contributed by atoms with Gasteiger partial charge in [0.25, 0.3) is 0 Å². The van der Waals surface area contributed by atoms with E-state index in [2.05, 4.69) is 47.4 Å². The third-order valence-electron chi connectivity index (χ3n) is 3.69. The number of halogens is 4. The summed E-state index contributed by atoms with van der Waals surface area (Å²) in [7, 11) is 0. The predicted octanol–water partition coefficient (Wildman–Crippen LogP) is 4.39. The second kappa shape index (κ2) is 7.89. The van der Waals surface area contributed by atoms with E-state index in [0.717, 1.165) is 10.2 Å². The minimum atomic E-state index is -0.408. The van der Waals surface area contributed by atoms with Crippen LogP contribution in [0.1, 0.15) is 11.3 Å². The highest BCUT2D eigenvalue weighted by Crippen LogP contribution is 2.24. The van der Waals surface area contributed by atoms with Gasteiger partial charge >= 0.3 is 0 Å². The van der Waals surface area contributed by atoms with Crippen molar-refractivity contribution in [1.82, 2.24) is 19.6 Å². The number of nitrogens with zero attached hydrogens (tertiary/aromatic N) is 4. The molecule has 2 heterocycles. The van der Waals surface area contributed by atoms with Crippen LogP contribution in [-0.2, 0) is 17.9 Å². The molecule has 10 heteroatoms. The van der Waals surface area contributed by atoms with Crippen LogP contribution < -0.4 is 5.32 Å². The molecule has 3 rings (SSSR count). The fourth-order valence-electron chi connectivity index (χ4n) is 2.30. The first-order valence-corrected chi connectivity index (χ1v) is 9.45. The first-order valence-electron chi connectivity index (χ1n) is 7.48. The lowest BCUT2D eigenvalue weighted by Gasteiger charge is -2.06. The fraction of sp³-hybridized carbons (Fsp3) is 0.188. The van der Waals surface area contributed by atoms with Gasteiger partial charge in [-0.3, -0.25) is 14.2 Å². The summed E-state index contributed by atoms with van der Waals surface area (Å²) < 4.78 is 18.4. The van der Waals surface area contributed by atoms with Crippen LogP contribution in [0.2, 0.25) is 5.02 Å². The molecule has 26 heavy (non-hydrogen) atoms. The van der Waals surface area contributed by atoms with Crippen molar-refractivity contribution in [3.8, 4) is 0 Å². The number of carbonyl (C=O) groups is 1. The summed E-state index contributed by atoms with van der Waals surface area (Å²) in [5.74, 6) is -0.348. The molecular weight excluding hydrogens is 492 g/mol. The van der Waals surface area contributed by atoms with Crippen LogP contribution in [0.4, 0.5) is 10.2 Å². The molecule has 0 spiro atoms. The lowest BCUT2D eigenvalue weighted by molar-refractivity contribution is -0.117. The summed E-state index contributed by atoms with van der Waals surface area (Å²) in [6, 6.07) is 4.50. The van der Waals surface area contributed by atoms with Crippen molar-refractivity contribution in [3.05, 3.63) is 61.6 Å². The molecule has 0 atom stereocenters. The highest BCUT2D eigenvalue weighted by atomic mass is 79.9. The maximum atomic E-state index is 13.9. The van der Waals surface area contributed by atoms with E-state index in [-0.39, 0.29) is 19.0 Å². The van der Waals surface area contributed by atoms with Crippen LogP contribution in [-0.4, -0.2) is 25.5 Å². The summed E-state index contributed by atoms with van der Waals surface area (Å²) in [5, 5.41) is 11.4. The average Bonchev–Trinajstić information content (AvgIpc) is 3.08. The SMILES string of the molecule is Cc1c(Br)cnn1CC(=O)Nc1nn(Cc2c(F)cccc2Cl)cc1Br. The molecule has 0 bridgehead atoms. The van der Waals surface area contributed by atoms with Crippen molar-refractivity contribution in [3.63, 3.8) is 0 Å². The molecule has 1 N–H and O–H groups in total. The first kappa shape index (κ1) is 19.1. The van der Waals surface area contributed by atoms with E-state index in [1.54, 1.807) is 29.2 Å². The lowest BCUT2D eigenvalue weighted by Crippen LogP contribution is -2.20. The molecule has 0 aliphatic heterocycles. The number of amides is 1. The number of hydrogen-bond donors (Lipinski definition) is 1. The maximum absolute atomic E-state index is 13.9. The Morgan fingerprint density at radius 1 is 1.35 bits per heavy atom. The Hall–Kier alpha value is -1.71. The normalized spacial score (nSPS) is 11.0. The van der Waals surface area contributed by atoms with E-state index in [9.17, 15) is 9.18 Å². The van der Waals surface area contributed by atoms with Gasteiger partial charge in [0.05, 0.1) is 27.4 Å². The second-order valence-corrected chi connectivity index (χ2v) is 7.62. The summed E-state index contributed by atoms with van der Waals surface area (Å²) >= 11 is 12.7. The minimum Gasteiger partial charge on any atom is -0.307 e. The molecular formula is C16H13Br2ClFN5O. The molecule has 1 amide bonds. The van der Waals surface area contributed by atoms with Gasteiger partial charge in [0.15, 0.2) is 5.82 Å². The van der Waals surface area contributed by atoms with Crippen molar-refractivity contribution in [1.29, 1.82) is 0 Å². The molecule has 0 fully saturated rings. The van der Waals surface area contributed by atoms with E-state index in [0.29, 0.717) is 20.9 Å². The van der Waals surface area contributed by atoms with Gasteiger partial charge in [-0.05, 0) is 50.9 Å². The smallest absolute Gasteiger partial charge is 0.247 e. The Morgan fingerprint density at radius 3 is 2.77 bits per heavy atom. The van der Waals surface area contributed by atoms with Crippen molar-refractivity contribution in [2.45, 2.75) is 20.0 Å². The number of aromatic nitrogens is 4. The van der Waals surface area contributed by atoms with E-state index >= 15 is 0 Å². The number of hydrogen-bond acceptors (Lipinski definition) is 3. The quantitative estimate of drug-likeness (QED) is 0.559. The molecule has 1 aromatic carbocycles. The molecule has 0 aliphatic carbocycles. The van der Waals surface area contributed by atoms with Crippen LogP contribution in [0.25, 0.3) is 0 Å². The molecule has 0 aliphatic rings. The number of anilines is 1. The molecule has 3 aromatic rings. The van der Waals surface area contributed by atoms with Crippen LogP contribution in [0.15, 0.2) is 39.5 Å². The number of rotatable bonds is 5. The molecule has 6 nitrogen and oxygen atoms in total. The van der Waals surface area contributed by atoms with Crippen molar-refractivity contribution in [2.75, 3.05) is 5.32 Å². The van der Waals surface area contributed by atoms with E-state index in [4.69, 9.17) is 11.6 Å². The maximum Gasteiger partial charge on any atom is 0.247 e. The lowest BCUT2D eigenvalue weighted by atomic mass is 10.2. The Morgan fingerprint density at radius 2 is 2.12 bits per heavy atom. The number of carbonyl (C=O) groups excluding carboxylic acids is 1. The number of benzene rings is 1. The van der Waals surface area contributed by atoms with Crippen LogP contribution in [0.5, 0.6) is 0 Å². The third-order valence-corrected chi connectivity index (χ3v) is 5.41. The zero-order valence-electron chi connectivity index (χ0n) is 13.5. The number of nitrogens with one attached hydrogen (secondary N) is 1. The summed E-state index contributed by atoms with van der Waals surface area (Å²) in [5.41, 5.74) is 1.18. The van der Waals surface area contributed by atoms with Crippen LogP contribution >= 0.6 is 43.5 Å². The van der Waals surface area contributed by atoms with Crippen LogP contribution in [0.3, 0.4) is 0 Å². The largest absolute Gasteiger partial charge is 0.307 e. The Balaban J connectivity index is 1.72. The monoisotopic (exact) mass is 503 g/mol. The van der Waals surface area contributed by atoms with Gasteiger partial charge in [0, 0.05) is 16.8 Å². The van der Waals surface area contributed by atoms with Gasteiger partial charge in [-0.25, -0.2) is 4.39 Å². The van der Waals surface area contributed by atoms with E-state index in [1.807, 2.05) is 6.92 Å². The van der Waals surface area contributed by atoms with Gasteiger partial charge in [-0.1, -0.05) is 17.7 Å². The molecule has 0 unspecified atom stereocenters. The Bertz CT molecular complexity index is 951. The summed E-state index contributed by atoms with van der Waals surface area (Å²) in [6.07, 6.45) is 3.28. The van der Waals surface area contributed by atoms with Crippen molar-refractivity contribution < 1.29 is 9.18 Å². The zero-order valence-corrected chi connectivity index (χ0v) is 17.4. The van der Waals surface area contributed by atoms with Gasteiger partial charge < -0.3 is 5.32 Å². The molecule has 0 saturated carbocycles. The Labute approximate surface area is 170 Å². The standard InChI is InChI=1S/C16H13Br2ClFN5O/c1-9-11(17)5-21-25(9)8-15(26)22-16-12(18)7-24(23-16)6-10-13(19)3-2-4-14(10)20/h2-5,7H,6,8H2,1H3,(H,22,23,26). The third kappa shape index (κ3) is 4.16. The zero-order chi connectivity index (χ0) is 18.8. The minimum absolute atomic E-state index is 0.0515. The highest BCUT2D eigenvalue weighted by Gasteiger charge is 2.15. The first-order chi connectivity index (χ1) is 12.3. The average molecular weight is 506 g/mol. The van der Waals surface area contributed by atoms with Crippen LogP contribution in [0, 0.1) is 12.7 Å².